The topological polar surface area (TPSA) is 95.5 Å². The van der Waals surface area contributed by atoms with E-state index >= 15 is 0 Å². The zero-order valence-corrected chi connectivity index (χ0v) is 14.4. The normalized spacial score (nSPS) is 19.2. The number of aromatic nitrogens is 4. The van der Waals surface area contributed by atoms with Crippen molar-refractivity contribution in [3.05, 3.63) is 29.2 Å². The van der Waals surface area contributed by atoms with Crippen molar-refractivity contribution in [3.8, 4) is 0 Å². The minimum Gasteiger partial charge on any atom is -0.438 e. The molecule has 134 valence electrons. The molecule has 25 heavy (non-hydrogen) atoms. The Bertz CT molecular complexity index is 775. The molecule has 0 bridgehead atoms. The van der Waals surface area contributed by atoms with Gasteiger partial charge < -0.3 is 18.8 Å². The van der Waals surface area contributed by atoms with Gasteiger partial charge >= 0.3 is 0 Å². The van der Waals surface area contributed by atoms with Crippen LogP contribution in [0.1, 0.15) is 40.5 Å². The lowest BCUT2D eigenvalue weighted by Crippen LogP contribution is -2.52. The fourth-order valence-electron chi connectivity index (χ4n) is 3.51. The monoisotopic (exact) mass is 347 g/mol. The number of carbonyl (C=O) groups is 1. The number of carbonyl (C=O) groups excluding carboxylic acids is 1. The van der Waals surface area contributed by atoms with E-state index in [1.54, 1.807) is 18.9 Å². The predicted octanol–water partition coefficient (Wildman–Crippen LogP) is 0.926. The molecule has 2 aromatic heterocycles. The van der Waals surface area contributed by atoms with E-state index in [-0.39, 0.29) is 11.5 Å². The Morgan fingerprint density at radius 2 is 2.20 bits per heavy atom. The first-order valence-corrected chi connectivity index (χ1v) is 8.35. The highest BCUT2D eigenvalue weighted by atomic mass is 16.5. The molecule has 0 aromatic carbocycles. The summed E-state index contributed by atoms with van der Waals surface area (Å²) in [4.78, 5) is 18.3. The van der Waals surface area contributed by atoms with Crippen LogP contribution in [-0.4, -0.2) is 56.6 Å². The number of aryl methyl sites for hydroxylation is 1. The molecule has 1 saturated heterocycles. The van der Waals surface area contributed by atoms with E-state index < -0.39 is 0 Å². The van der Waals surface area contributed by atoms with E-state index in [9.17, 15) is 4.79 Å². The minimum atomic E-state index is -0.293. The summed E-state index contributed by atoms with van der Waals surface area (Å²) in [7, 11) is 1.64. The molecule has 1 fully saturated rings. The molecule has 2 aliphatic rings. The largest absolute Gasteiger partial charge is 0.438 e. The van der Waals surface area contributed by atoms with Gasteiger partial charge in [0.05, 0.1) is 36.7 Å². The van der Waals surface area contributed by atoms with Gasteiger partial charge in [-0.1, -0.05) is 5.21 Å². The Kier molecular flexibility index (Phi) is 4.04. The molecule has 4 heterocycles. The van der Waals surface area contributed by atoms with Gasteiger partial charge in [-0.2, -0.15) is 0 Å². The van der Waals surface area contributed by atoms with Crippen LogP contribution < -0.4 is 0 Å². The van der Waals surface area contributed by atoms with Gasteiger partial charge in [0, 0.05) is 20.2 Å². The summed E-state index contributed by atoms with van der Waals surface area (Å²) >= 11 is 0. The fraction of sp³-hybridized carbons (Fsp3) is 0.625. The Labute approximate surface area is 144 Å². The van der Waals surface area contributed by atoms with Crippen LogP contribution in [0.4, 0.5) is 0 Å². The highest BCUT2D eigenvalue weighted by Crippen LogP contribution is 2.34. The second-order valence-electron chi connectivity index (χ2n) is 6.60. The zero-order valence-electron chi connectivity index (χ0n) is 14.4. The molecule has 0 N–H and O–H groups in total. The van der Waals surface area contributed by atoms with Crippen LogP contribution in [0.25, 0.3) is 0 Å². The van der Waals surface area contributed by atoms with Crippen molar-refractivity contribution >= 4 is 5.91 Å². The molecule has 1 amide bonds. The molecular formula is C16H21N5O4. The molecule has 9 heteroatoms. The molecule has 0 radical (unpaired) electrons. The number of amides is 1. The molecule has 0 aliphatic carbocycles. The standard InChI is InChI=1S/C16H21N5O4/c1-11-14(24-10-17-11)15(22)20-5-3-16(4-6-20)9-21-13(8-25-16)12(7-23-2)18-19-21/h10H,3-9H2,1-2H3. The van der Waals surface area contributed by atoms with Gasteiger partial charge in [-0.15, -0.1) is 5.10 Å². The lowest BCUT2D eigenvalue weighted by molar-refractivity contribution is -0.120. The highest BCUT2D eigenvalue weighted by molar-refractivity contribution is 5.92. The van der Waals surface area contributed by atoms with E-state index in [0.29, 0.717) is 44.3 Å². The van der Waals surface area contributed by atoms with E-state index in [1.165, 1.54) is 6.39 Å². The van der Waals surface area contributed by atoms with Crippen molar-refractivity contribution in [2.45, 2.75) is 45.1 Å². The fourth-order valence-corrected chi connectivity index (χ4v) is 3.51. The first-order chi connectivity index (χ1) is 12.1. The van der Waals surface area contributed by atoms with Gasteiger partial charge in [0.1, 0.15) is 5.69 Å². The molecule has 2 aliphatic heterocycles. The maximum Gasteiger partial charge on any atom is 0.291 e. The van der Waals surface area contributed by atoms with Crippen LogP contribution in [0, 0.1) is 6.92 Å². The van der Waals surface area contributed by atoms with Crippen LogP contribution in [0.5, 0.6) is 0 Å². The molecule has 4 rings (SSSR count). The summed E-state index contributed by atoms with van der Waals surface area (Å²) in [5.74, 6) is 0.216. The van der Waals surface area contributed by atoms with Gasteiger partial charge in [-0.05, 0) is 19.8 Å². The average molecular weight is 347 g/mol. The maximum atomic E-state index is 12.5. The number of ether oxygens (including phenoxy) is 2. The minimum absolute atomic E-state index is 0.107. The van der Waals surface area contributed by atoms with Crippen molar-refractivity contribution in [2.75, 3.05) is 20.2 Å². The number of methoxy groups -OCH3 is 1. The molecular weight excluding hydrogens is 326 g/mol. The van der Waals surface area contributed by atoms with Crippen molar-refractivity contribution in [2.24, 2.45) is 0 Å². The summed E-state index contributed by atoms with van der Waals surface area (Å²) in [5, 5.41) is 8.41. The van der Waals surface area contributed by atoms with Crippen molar-refractivity contribution < 1.29 is 18.7 Å². The summed E-state index contributed by atoms with van der Waals surface area (Å²) in [6.07, 6.45) is 2.82. The third kappa shape index (κ3) is 2.83. The van der Waals surface area contributed by atoms with E-state index in [2.05, 4.69) is 15.3 Å². The van der Waals surface area contributed by atoms with E-state index in [4.69, 9.17) is 13.9 Å². The Balaban J connectivity index is 1.43. The number of hydrogen-bond acceptors (Lipinski definition) is 7. The molecule has 9 nitrogen and oxygen atoms in total. The lowest BCUT2D eigenvalue weighted by Gasteiger charge is -2.43. The third-order valence-corrected chi connectivity index (χ3v) is 5.05. The summed E-state index contributed by atoms with van der Waals surface area (Å²) < 4.78 is 18.5. The first kappa shape index (κ1) is 16.2. The summed E-state index contributed by atoms with van der Waals surface area (Å²) in [5.41, 5.74) is 2.13. The van der Waals surface area contributed by atoms with Crippen molar-refractivity contribution in [1.29, 1.82) is 0 Å². The zero-order chi connectivity index (χ0) is 17.4. The maximum absolute atomic E-state index is 12.5. The van der Waals surface area contributed by atoms with Gasteiger partial charge in [-0.3, -0.25) is 4.79 Å². The molecule has 0 atom stereocenters. The predicted molar refractivity (Wildman–Crippen MR) is 84.6 cm³/mol. The molecule has 0 unspecified atom stereocenters. The Morgan fingerprint density at radius 3 is 2.88 bits per heavy atom. The van der Waals surface area contributed by atoms with Crippen LogP contribution in [-0.2, 0) is 29.2 Å². The van der Waals surface area contributed by atoms with Gasteiger partial charge in [0.2, 0.25) is 5.76 Å². The number of nitrogens with zero attached hydrogens (tertiary/aromatic N) is 5. The lowest BCUT2D eigenvalue weighted by atomic mass is 9.89. The van der Waals surface area contributed by atoms with Crippen molar-refractivity contribution in [1.82, 2.24) is 24.9 Å². The Morgan fingerprint density at radius 1 is 1.40 bits per heavy atom. The van der Waals surface area contributed by atoms with Crippen LogP contribution >= 0.6 is 0 Å². The average Bonchev–Trinajstić information content (AvgIpc) is 3.21. The number of rotatable bonds is 3. The Hall–Kier alpha value is -2.26. The molecule has 1 spiro atoms. The SMILES string of the molecule is COCc1nnn2c1COC1(CCN(C(=O)c3ocnc3C)CC1)C2. The van der Waals surface area contributed by atoms with Gasteiger partial charge in [0.25, 0.3) is 5.91 Å². The van der Waals surface area contributed by atoms with Crippen LogP contribution in [0.15, 0.2) is 10.8 Å². The second-order valence-corrected chi connectivity index (χ2v) is 6.60. The quantitative estimate of drug-likeness (QED) is 0.815. The highest BCUT2D eigenvalue weighted by Gasteiger charge is 2.41. The number of fused-ring (bicyclic) bond motifs is 1. The number of oxazole rings is 1. The first-order valence-electron chi connectivity index (χ1n) is 8.35. The van der Waals surface area contributed by atoms with Crippen LogP contribution in [0.2, 0.25) is 0 Å². The molecule has 2 aromatic rings. The van der Waals surface area contributed by atoms with Crippen LogP contribution in [0.3, 0.4) is 0 Å². The molecule has 0 saturated carbocycles. The van der Waals surface area contributed by atoms with Crippen molar-refractivity contribution in [3.63, 3.8) is 0 Å². The number of piperidine rings is 1. The van der Waals surface area contributed by atoms with E-state index in [0.717, 1.165) is 24.2 Å². The third-order valence-electron chi connectivity index (χ3n) is 5.05. The number of hydrogen-bond donors (Lipinski definition) is 0. The number of likely N-dealkylation sites (tertiary alicyclic amines) is 1. The van der Waals surface area contributed by atoms with Gasteiger partial charge in [0.15, 0.2) is 6.39 Å². The smallest absolute Gasteiger partial charge is 0.291 e. The summed E-state index contributed by atoms with van der Waals surface area (Å²) in [6, 6.07) is 0. The van der Waals surface area contributed by atoms with Gasteiger partial charge in [-0.25, -0.2) is 9.67 Å². The van der Waals surface area contributed by atoms with E-state index in [1.807, 2.05) is 4.68 Å². The second kappa shape index (κ2) is 6.23. The summed E-state index contributed by atoms with van der Waals surface area (Å²) in [6.45, 7) is 4.58.